The van der Waals surface area contributed by atoms with Crippen molar-refractivity contribution in [2.24, 2.45) is 0 Å². The van der Waals surface area contributed by atoms with Crippen LogP contribution in [-0.2, 0) is 14.3 Å². The molecule has 2 atom stereocenters. The molecule has 0 bridgehead atoms. The van der Waals surface area contributed by atoms with Crippen LogP contribution in [0.3, 0.4) is 0 Å². The number of thioether (sulfide) groups is 1. The minimum absolute atomic E-state index is 0.221. The first-order chi connectivity index (χ1) is 18.6. The maximum atomic E-state index is 14.4. The fourth-order valence-electron chi connectivity index (χ4n) is 4.53. The molecule has 0 aliphatic rings. The summed E-state index contributed by atoms with van der Waals surface area (Å²) in [7, 11) is 0. The number of aryl methyl sites for hydroxylation is 1. The summed E-state index contributed by atoms with van der Waals surface area (Å²) in [5.74, 6) is 0.198. The molecule has 0 aliphatic heterocycles. The molecule has 1 aromatic rings. The summed E-state index contributed by atoms with van der Waals surface area (Å²) >= 11 is 1.61. The van der Waals surface area contributed by atoms with Crippen molar-refractivity contribution in [1.29, 1.82) is 0 Å². The highest BCUT2D eigenvalue weighted by Crippen LogP contribution is 2.29. The van der Waals surface area contributed by atoms with Crippen LogP contribution < -0.4 is 10.6 Å². The summed E-state index contributed by atoms with van der Waals surface area (Å²) in [5, 5.41) is 5.95. The number of nitrogens with one attached hydrogen (secondary N) is 2. The molecule has 0 saturated heterocycles. The fourth-order valence-corrected chi connectivity index (χ4v) is 5.00. The van der Waals surface area contributed by atoms with E-state index in [1.54, 1.807) is 37.4 Å². The van der Waals surface area contributed by atoms with Gasteiger partial charge in [-0.15, -0.1) is 0 Å². The summed E-state index contributed by atoms with van der Waals surface area (Å²) in [6, 6.07) is 4.27. The van der Waals surface area contributed by atoms with Gasteiger partial charge in [0.05, 0.1) is 0 Å². The Labute approximate surface area is 248 Å². The third-order valence-corrected chi connectivity index (χ3v) is 7.28. The molecule has 0 spiro atoms. The number of benzene rings is 1. The van der Waals surface area contributed by atoms with Gasteiger partial charge in [0, 0.05) is 12.1 Å². The van der Waals surface area contributed by atoms with E-state index in [2.05, 4.69) is 17.6 Å². The lowest BCUT2D eigenvalue weighted by molar-refractivity contribution is -0.143. The summed E-state index contributed by atoms with van der Waals surface area (Å²) in [5.41, 5.74) is 1.68. The number of ether oxygens (including phenoxy) is 1. The van der Waals surface area contributed by atoms with Crippen molar-refractivity contribution in [3.63, 3.8) is 0 Å². The van der Waals surface area contributed by atoms with Crippen LogP contribution in [0.15, 0.2) is 18.2 Å². The molecule has 228 valence electrons. The summed E-state index contributed by atoms with van der Waals surface area (Å²) < 4.78 is 5.50. The molecule has 40 heavy (non-hydrogen) atoms. The number of carbonyl (C=O) groups is 3. The third kappa shape index (κ3) is 13.0. The highest BCUT2D eigenvalue weighted by molar-refractivity contribution is 7.98. The molecule has 0 aromatic heterocycles. The Morgan fingerprint density at radius 1 is 0.975 bits per heavy atom. The van der Waals surface area contributed by atoms with Crippen LogP contribution in [0.4, 0.5) is 4.79 Å². The van der Waals surface area contributed by atoms with Gasteiger partial charge in [0.2, 0.25) is 11.8 Å². The van der Waals surface area contributed by atoms with Crippen molar-refractivity contribution in [2.45, 2.75) is 130 Å². The van der Waals surface area contributed by atoms with Gasteiger partial charge in [0.1, 0.15) is 17.7 Å². The minimum atomic E-state index is -0.820. The Hall–Kier alpha value is -2.22. The Bertz CT molecular complexity index is 952. The maximum Gasteiger partial charge on any atom is 0.408 e. The van der Waals surface area contributed by atoms with Gasteiger partial charge >= 0.3 is 6.09 Å². The van der Waals surface area contributed by atoms with Gasteiger partial charge in [-0.05, 0) is 96.9 Å². The van der Waals surface area contributed by atoms with Crippen LogP contribution in [0, 0.1) is 13.8 Å². The van der Waals surface area contributed by atoms with E-state index in [0.717, 1.165) is 42.4 Å². The van der Waals surface area contributed by atoms with E-state index in [0.29, 0.717) is 18.7 Å². The Kier molecular flexibility index (Phi) is 15.1. The third-order valence-electron chi connectivity index (χ3n) is 6.63. The number of rotatable bonds is 15. The van der Waals surface area contributed by atoms with Crippen molar-refractivity contribution < 1.29 is 19.1 Å². The van der Waals surface area contributed by atoms with Crippen LogP contribution in [0.5, 0.6) is 0 Å². The summed E-state index contributed by atoms with van der Waals surface area (Å²) in [6.45, 7) is 17.8. The lowest BCUT2D eigenvalue weighted by Crippen LogP contribution is -2.55. The van der Waals surface area contributed by atoms with Crippen molar-refractivity contribution >= 4 is 29.7 Å². The standard InChI is InChI=1S/C32H55N3O4S/c1-11-12-13-14-15-16-21-35(29(37)26(20-22-40-10)33-30(38)39-32(7,8)9)27(28(36)34-31(4,5)6)25-19-17-18-23(2)24(25)3/h17-19,26-27H,11-16,20-22H2,1-10H3,(H,33,38)(H,34,36). The largest absolute Gasteiger partial charge is 0.444 e. The number of unbranched alkanes of at least 4 members (excludes halogenated alkanes) is 5. The number of carbonyl (C=O) groups excluding carboxylic acids is 3. The lowest BCUT2D eigenvalue weighted by Gasteiger charge is -2.37. The van der Waals surface area contributed by atoms with Gasteiger partial charge < -0.3 is 20.3 Å². The molecule has 2 unspecified atom stereocenters. The molecule has 1 rings (SSSR count). The summed E-state index contributed by atoms with van der Waals surface area (Å²) in [4.78, 5) is 42.8. The molecule has 0 fully saturated rings. The number of hydrogen-bond donors (Lipinski definition) is 2. The van der Waals surface area contributed by atoms with Crippen molar-refractivity contribution in [1.82, 2.24) is 15.5 Å². The average molecular weight is 578 g/mol. The minimum Gasteiger partial charge on any atom is -0.444 e. The Morgan fingerprint density at radius 3 is 2.17 bits per heavy atom. The number of hydrogen-bond acceptors (Lipinski definition) is 5. The van der Waals surface area contributed by atoms with Gasteiger partial charge in [0.15, 0.2) is 0 Å². The van der Waals surface area contributed by atoms with Gasteiger partial charge in [0.25, 0.3) is 0 Å². The molecule has 2 N–H and O–H groups in total. The van der Waals surface area contributed by atoms with E-state index in [9.17, 15) is 14.4 Å². The fraction of sp³-hybridized carbons (Fsp3) is 0.719. The van der Waals surface area contributed by atoms with E-state index in [1.807, 2.05) is 59.1 Å². The number of alkyl carbamates (subject to hydrolysis) is 1. The quantitative estimate of drug-likeness (QED) is 0.217. The smallest absolute Gasteiger partial charge is 0.408 e. The normalized spacial score (nSPS) is 13.3. The predicted octanol–water partition coefficient (Wildman–Crippen LogP) is 7.09. The molecule has 8 heteroatoms. The van der Waals surface area contributed by atoms with Crippen molar-refractivity contribution in [2.75, 3.05) is 18.6 Å². The first kappa shape index (κ1) is 35.8. The predicted molar refractivity (Wildman–Crippen MR) is 168 cm³/mol. The van der Waals surface area contributed by atoms with Crippen LogP contribution in [0.25, 0.3) is 0 Å². The van der Waals surface area contributed by atoms with E-state index in [4.69, 9.17) is 4.74 Å². The monoisotopic (exact) mass is 577 g/mol. The van der Waals surface area contributed by atoms with E-state index < -0.39 is 29.3 Å². The Balaban J connectivity index is 3.54. The lowest BCUT2D eigenvalue weighted by atomic mass is 9.94. The molecule has 0 radical (unpaired) electrons. The molecule has 0 heterocycles. The zero-order valence-electron chi connectivity index (χ0n) is 26.7. The maximum absolute atomic E-state index is 14.4. The first-order valence-electron chi connectivity index (χ1n) is 14.8. The van der Waals surface area contributed by atoms with Gasteiger partial charge in [-0.25, -0.2) is 4.79 Å². The molecule has 3 amide bonds. The molecular formula is C32H55N3O4S. The second-order valence-electron chi connectivity index (χ2n) is 12.7. The Morgan fingerprint density at radius 2 is 1.60 bits per heavy atom. The first-order valence-corrected chi connectivity index (χ1v) is 16.2. The second kappa shape index (κ2) is 16.9. The average Bonchev–Trinajstić information content (AvgIpc) is 2.82. The summed E-state index contributed by atoms with van der Waals surface area (Å²) in [6.07, 6.45) is 8.13. The second-order valence-corrected chi connectivity index (χ2v) is 13.7. The number of amides is 3. The molecule has 0 aliphatic carbocycles. The zero-order valence-corrected chi connectivity index (χ0v) is 27.6. The van der Waals surface area contributed by atoms with Crippen LogP contribution >= 0.6 is 11.8 Å². The van der Waals surface area contributed by atoms with Crippen molar-refractivity contribution in [3.8, 4) is 0 Å². The molecular weight excluding hydrogens is 522 g/mol. The van der Waals surface area contributed by atoms with Crippen molar-refractivity contribution in [3.05, 3.63) is 34.9 Å². The molecule has 7 nitrogen and oxygen atoms in total. The van der Waals surface area contributed by atoms with Gasteiger partial charge in [-0.2, -0.15) is 11.8 Å². The number of nitrogens with zero attached hydrogens (tertiary/aromatic N) is 1. The molecule has 0 saturated carbocycles. The van der Waals surface area contributed by atoms with Gasteiger partial charge in [-0.3, -0.25) is 9.59 Å². The molecule has 1 aromatic carbocycles. The van der Waals surface area contributed by atoms with Gasteiger partial charge in [-0.1, -0.05) is 57.2 Å². The van der Waals surface area contributed by atoms with Crippen LogP contribution in [0.2, 0.25) is 0 Å². The zero-order chi connectivity index (χ0) is 30.5. The van der Waals surface area contributed by atoms with E-state index in [1.165, 1.54) is 12.8 Å². The SMILES string of the molecule is CCCCCCCCN(C(=O)C(CCSC)NC(=O)OC(C)(C)C)C(C(=O)NC(C)(C)C)c1cccc(C)c1C. The highest BCUT2D eigenvalue weighted by atomic mass is 32.2. The van der Waals surface area contributed by atoms with E-state index >= 15 is 0 Å². The van der Waals surface area contributed by atoms with Crippen LogP contribution in [-0.4, -0.2) is 58.5 Å². The topological polar surface area (TPSA) is 87.7 Å². The highest BCUT2D eigenvalue weighted by Gasteiger charge is 2.37. The van der Waals surface area contributed by atoms with E-state index in [-0.39, 0.29) is 11.8 Å². The van der Waals surface area contributed by atoms with Crippen LogP contribution in [0.1, 0.15) is 116 Å².